The Morgan fingerprint density at radius 2 is 2.00 bits per heavy atom. The Morgan fingerprint density at radius 3 is 2.56 bits per heavy atom. The van der Waals surface area contributed by atoms with Crippen LogP contribution in [0.1, 0.15) is 11.6 Å². The van der Waals surface area contributed by atoms with E-state index >= 15 is 0 Å². The molecule has 18 heavy (non-hydrogen) atoms. The van der Waals surface area contributed by atoms with Crippen molar-refractivity contribution in [3.63, 3.8) is 0 Å². The number of rotatable bonds is 5. The zero-order valence-electron chi connectivity index (χ0n) is 10.5. The normalized spacial score (nSPS) is 16.5. The van der Waals surface area contributed by atoms with Gasteiger partial charge in [0.15, 0.2) is 11.5 Å². The molecule has 1 amide bonds. The van der Waals surface area contributed by atoms with Gasteiger partial charge in [0.1, 0.15) is 12.4 Å². The molecule has 2 rings (SSSR count). The molecule has 6 heteroatoms. The highest BCUT2D eigenvalue weighted by atomic mass is 16.5. The number of amides is 1. The third-order valence-electron chi connectivity index (χ3n) is 2.85. The summed E-state index contributed by atoms with van der Waals surface area (Å²) in [6, 6.07) is 1.48. The van der Waals surface area contributed by atoms with Crippen LogP contribution in [0.2, 0.25) is 0 Å². The second kappa shape index (κ2) is 5.03. The summed E-state index contributed by atoms with van der Waals surface area (Å²) in [4.78, 5) is 10.6. The molecule has 0 fully saturated rings. The first kappa shape index (κ1) is 12.3. The first-order valence-corrected chi connectivity index (χ1v) is 5.42. The van der Waals surface area contributed by atoms with Crippen LogP contribution in [0.5, 0.6) is 23.0 Å². The first-order chi connectivity index (χ1) is 8.76. The Hall–Kier alpha value is -2.11. The fraction of sp³-hybridized carbons (Fsp3) is 0.417. The second-order valence-corrected chi connectivity index (χ2v) is 3.71. The predicted octanol–water partition coefficient (Wildman–Crippen LogP) is 0.892. The van der Waals surface area contributed by atoms with Gasteiger partial charge in [0, 0.05) is 6.07 Å². The maximum absolute atomic E-state index is 10.6. The lowest BCUT2D eigenvalue weighted by Crippen LogP contribution is -2.21. The highest BCUT2D eigenvalue weighted by molar-refractivity contribution is 5.65. The maximum Gasteiger partial charge on any atom is 0.207 e. The smallest absolute Gasteiger partial charge is 0.207 e. The lowest BCUT2D eigenvalue weighted by Gasteiger charge is -2.17. The van der Waals surface area contributed by atoms with Gasteiger partial charge in [0.2, 0.25) is 12.2 Å². The van der Waals surface area contributed by atoms with Crippen molar-refractivity contribution in [3.05, 3.63) is 11.6 Å². The summed E-state index contributed by atoms with van der Waals surface area (Å²) in [5.74, 6) is 2.16. The number of methoxy groups -OCH3 is 3. The molecule has 0 aliphatic carbocycles. The van der Waals surface area contributed by atoms with Crippen LogP contribution in [-0.4, -0.2) is 34.3 Å². The van der Waals surface area contributed by atoms with Gasteiger partial charge >= 0.3 is 0 Å². The topological polar surface area (TPSA) is 66.0 Å². The molecule has 98 valence electrons. The van der Waals surface area contributed by atoms with Crippen LogP contribution in [0.3, 0.4) is 0 Å². The van der Waals surface area contributed by atoms with Crippen molar-refractivity contribution >= 4 is 6.41 Å². The molecule has 0 aromatic heterocycles. The van der Waals surface area contributed by atoms with Gasteiger partial charge in [0.05, 0.1) is 32.9 Å². The summed E-state index contributed by atoms with van der Waals surface area (Å²) >= 11 is 0. The molecule has 1 aliphatic heterocycles. The quantitative estimate of drug-likeness (QED) is 0.789. The molecule has 6 nitrogen and oxygen atoms in total. The van der Waals surface area contributed by atoms with E-state index < -0.39 is 0 Å². The van der Waals surface area contributed by atoms with Gasteiger partial charge in [0.25, 0.3) is 0 Å². The van der Waals surface area contributed by atoms with E-state index in [0.29, 0.717) is 36.0 Å². The minimum atomic E-state index is -0.243. The summed E-state index contributed by atoms with van der Waals surface area (Å²) < 4.78 is 21.4. The van der Waals surface area contributed by atoms with Crippen LogP contribution in [-0.2, 0) is 4.79 Å². The lowest BCUT2D eigenvalue weighted by molar-refractivity contribution is -0.110. The van der Waals surface area contributed by atoms with Crippen LogP contribution >= 0.6 is 0 Å². The van der Waals surface area contributed by atoms with Gasteiger partial charge in [-0.25, -0.2) is 0 Å². The van der Waals surface area contributed by atoms with E-state index in [9.17, 15) is 4.79 Å². The Balaban J connectivity index is 2.58. The molecule has 0 saturated heterocycles. The number of ether oxygens (including phenoxy) is 4. The average molecular weight is 253 g/mol. The molecule has 1 unspecified atom stereocenters. The van der Waals surface area contributed by atoms with Crippen molar-refractivity contribution < 1.29 is 23.7 Å². The summed E-state index contributed by atoms with van der Waals surface area (Å²) in [6.45, 7) is 0.362. The Bertz CT molecular complexity index is 460. The zero-order chi connectivity index (χ0) is 13.1. The van der Waals surface area contributed by atoms with Crippen molar-refractivity contribution in [1.29, 1.82) is 0 Å². The monoisotopic (exact) mass is 253 g/mol. The fourth-order valence-corrected chi connectivity index (χ4v) is 2.08. The third kappa shape index (κ3) is 1.79. The van der Waals surface area contributed by atoms with Crippen molar-refractivity contribution in [3.8, 4) is 23.0 Å². The van der Waals surface area contributed by atoms with E-state index in [1.807, 2.05) is 0 Å². The number of benzene rings is 1. The maximum atomic E-state index is 10.6. The Morgan fingerprint density at radius 1 is 1.28 bits per heavy atom. The van der Waals surface area contributed by atoms with Crippen molar-refractivity contribution in [1.82, 2.24) is 5.32 Å². The molecule has 1 aliphatic rings. The number of hydrogen-bond donors (Lipinski definition) is 1. The van der Waals surface area contributed by atoms with Gasteiger partial charge < -0.3 is 24.3 Å². The SMILES string of the molecule is COc1cc2c(c(OC)c1OC)C(NC=O)CO2. The molecular weight excluding hydrogens is 238 g/mol. The molecule has 1 heterocycles. The highest BCUT2D eigenvalue weighted by Crippen LogP contribution is 2.49. The van der Waals surface area contributed by atoms with E-state index in [1.165, 1.54) is 14.2 Å². The third-order valence-corrected chi connectivity index (χ3v) is 2.85. The summed E-state index contributed by atoms with van der Waals surface area (Å²) in [7, 11) is 4.61. The summed E-state index contributed by atoms with van der Waals surface area (Å²) in [5.41, 5.74) is 0.766. The standard InChI is InChI=1S/C12H15NO5/c1-15-9-4-8-10(7(5-18-8)13-6-14)12(17-3)11(9)16-2/h4,6-7H,5H2,1-3H3,(H,13,14). The van der Waals surface area contributed by atoms with Crippen molar-refractivity contribution in [2.24, 2.45) is 0 Å². The highest BCUT2D eigenvalue weighted by Gasteiger charge is 2.32. The zero-order valence-corrected chi connectivity index (χ0v) is 10.5. The number of carbonyl (C=O) groups is 1. The molecule has 0 radical (unpaired) electrons. The summed E-state index contributed by atoms with van der Waals surface area (Å²) in [6.07, 6.45) is 0.638. The molecule has 1 aromatic rings. The van der Waals surface area contributed by atoms with E-state index in [0.717, 1.165) is 5.56 Å². The van der Waals surface area contributed by atoms with Gasteiger partial charge in [-0.15, -0.1) is 0 Å². The van der Waals surface area contributed by atoms with Gasteiger partial charge in [-0.3, -0.25) is 4.79 Å². The van der Waals surface area contributed by atoms with E-state index in [1.54, 1.807) is 13.2 Å². The molecular formula is C12H15NO5. The van der Waals surface area contributed by atoms with Crippen LogP contribution in [0, 0.1) is 0 Å². The lowest BCUT2D eigenvalue weighted by atomic mass is 10.1. The minimum absolute atomic E-state index is 0.243. The molecule has 0 spiro atoms. The Labute approximate surface area is 105 Å². The van der Waals surface area contributed by atoms with Gasteiger partial charge in [-0.1, -0.05) is 0 Å². The molecule has 1 aromatic carbocycles. The number of carbonyl (C=O) groups excluding carboxylic acids is 1. The first-order valence-electron chi connectivity index (χ1n) is 5.42. The number of fused-ring (bicyclic) bond motifs is 1. The fourth-order valence-electron chi connectivity index (χ4n) is 2.08. The largest absolute Gasteiger partial charge is 0.493 e. The number of nitrogens with one attached hydrogen (secondary N) is 1. The summed E-state index contributed by atoms with van der Waals surface area (Å²) in [5, 5.41) is 2.68. The van der Waals surface area contributed by atoms with Crippen molar-refractivity contribution in [2.45, 2.75) is 6.04 Å². The van der Waals surface area contributed by atoms with Crippen LogP contribution < -0.4 is 24.3 Å². The van der Waals surface area contributed by atoms with Gasteiger partial charge in [-0.2, -0.15) is 0 Å². The average Bonchev–Trinajstić information content (AvgIpc) is 2.79. The Kier molecular flexibility index (Phi) is 3.45. The molecule has 0 saturated carbocycles. The second-order valence-electron chi connectivity index (χ2n) is 3.71. The van der Waals surface area contributed by atoms with Crippen LogP contribution in [0.15, 0.2) is 6.07 Å². The van der Waals surface area contributed by atoms with E-state index in [4.69, 9.17) is 18.9 Å². The minimum Gasteiger partial charge on any atom is -0.493 e. The molecule has 1 atom stereocenters. The predicted molar refractivity (Wildman–Crippen MR) is 63.5 cm³/mol. The van der Waals surface area contributed by atoms with E-state index in [2.05, 4.69) is 5.32 Å². The van der Waals surface area contributed by atoms with Crippen LogP contribution in [0.25, 0.3) is 0 Å². The number of hydrogen-bond acceptors (Lipinski definition) is 5. The van der Waals surface area contributed by atoms with Gasteiger partial charge in [-0.05, 0) is 0 Å². The molecule has 1 N–H and O–H groups in total. The molecule has 0 bridgehead atoms. The van der Waals surface area contributed by atoms with Crippen molar-refractivity contribution in [2.75, 3.05) is 27.9 Å². The van der Waals surface area contributed by atoms with Crippen LogP contribution in [0.4, 0.5) is 0 Å². The van der Waals surface area contributed by atoms with E-state index in [-0.39, 0.29) is 6.04 Å².